The molecule has 5 N–H and O–H groups in total. The van der Waals surface area contributed by atoms with E-state index in [1.54, 1.807) is 0 Å². The lowest BCUT2D eigenvalue weighted by Gasteiger charge is -2.38. The van der Waals surface area contributed by atoms with E-state index in [-0.39, 0.29) is 24.3 Å². The van der Waals surface area contributed by atoms with Gasteiger partial charge in [0.25, 0.3) is 0 Å². The highest BCUT2D eigenvalue weighted by atomic mass is 16.4. The Hall–Kier alpha value is -4.49. The number of nitrogens with one attached hydrogen (secondary N) is 2. The van der Waals surface area contributed by atoms with Crippen molar-refractivity contribution in [2.24, 2.45) is 0 Å². The molecule has 0 aromatic heterocycles. The average molecular weight is 520 g/mol. The molecular weight excluding hydrogens is 492 g/mol. The molecule has 0 bridgehead atoms. The Morgan fingerprint density at radius 3 is 1.92 bits per heavy atom. The van der Waals surface area contributed by atoms with Crippen LogP contribution in [-0.2, 0) is 30.5 Å². The van der Waals surface area contributed by atoms with Crippen LogP contribution in [0.5, 0.6) is 0 Å². The summed E-state index contributed by atoms with van der Waals surface area (Å²) in [5.41, 5.74) is 0.901. The predicted molar refractivity (Wildman–Crippen MR) is 124 cm³/mol. The summed E-state index contributed by atoms with van der Waals surface area (Å²) in [6, 6.07) is 3.77. The van der Waals surface area contributed by atoms with Crippen LogP contribution in [0.2, 0.25) is 0 Å². The number of carbonyl (C=O) groups excluding carboxylic acids is 4. The summed E-state index contributed by atoms with van der Waals surface area (Å²) >= 11 is 0. The maximum atomic E-state index is 12.9. The van der Waals surface area contributed by atoms with E-state index < -0.39 is 73.1 Å². The van der Waals surface area contributed by atoms with Crippen molar-refractivity contribution in [3.63, 3.8) is 0 Å². The number of imide groups is 2. The predicted octanol–water partition coefficient (Wildman–Crippen LogP) is 0.608. The van der Waals surface area contributed by atoms with Crippen molar-refractivity contribution in [2.45, 2.75) is 57.2 Å². The van der Waals surface area contributed by atoms with E-state index in [1.165, 1.54) is 0 Å². The topological polar surface area (TPSA) is 211 Å². The highest BCUT2D eigenvalue weighted by Crippen LogP contribution is 2.23. The molecule has 2 unspecified atom stereocenters. The van der Waals surface area contributed by atoms with Crippen molar-refractivity contribution >= 4 is 41.8 Å². The molecule has 0 radical (unpaired) electrons. The van der Waals surface area contributed by atoms with E-state index in [1.807, 2.05) is 30.3 Å². The van der Waals surface area contributed by atoms with Crippen LogP contribution in [0.3, 0.4) is 0 Å². The van der Waals surface area contributed by atoms with Gasteiger partial charge in [0.15, 0.2) is 0 Å². The van der Waals surface area contributed by atoms with Crippen molar-refractivity contribution in [1.82, 2.24) is 20.4 Å². The second kappa shape index (κ2) is 13.6. The first-order valence-electron chi connectivity index (χ1n) is 11.4. The third-order valence-corrected chi connectivity index (χ3v) is 5.56. The SMILES string of the molecule is O=C(O)CCC(C(=O)O)N1C(=O)CC(=O)N(C(CCCCNC(=O)NCc2ccccc2)C(=O)O)C1=O. The Morgan fingerprint density at radius 1 is 0.811 bits per heavy atom. The Bertz CT molecular complexity index is 1050. The van der Waals surface area contributed by atoms with Crippen molar-refractivity contribution in [1.29, 1.82) is 0 Å². The van der Waals surface area contributed by atoms with E-state index in [9.17, 15) is 43.8 Å². The number of hydrogen-bond acceptors (Lipinski definition) is 7. The lowest BCUT2D eigenvalue weighted by atomic mass is 10.0. The van der Waals surface area contributed by atoms with E-state index in [0.717, 1.165) is 5.56 Å². The van der Waals surface area contributed by atoms with E-state index in [4.69, 9.17) is 5.11 Å². The molecule has 1 aliphatic heterocycles. The molecule has 200 valence electrons. The molecule has 1 aliphatic rings. The Morgan fingerprint density at radius 2 is 1.38 bits per heavy atom. The van der Waals surface area contributed by atoms with E-state index in [0.29, 0.717) is 17.9 Å². The van der Waals surface area contributed by atoms with Crippen molar-refractivity contribution in [2.75, 3.05) is 6.54 Å². The first kappa shape index (κ1) is 28.7. The first-order chi connectivity index (χ1) is 17.5. The summed E-state index contributed by atoms with van der Waals surface area (Å²) in [7, 11) is 0. The average Bonchev–Trinajstić information content (AvgIpc) is 2.83. The van der Waals surface area contributed by atoms with Gasteiger partial charge in [-0.15, -0.1) is 0 Å². The standard InChI is InChI=1S/C23H28N4O10/c28-17-12-18(29)27(16(21(34)35)9-10-19(30)31)23(37)26(17)15(20(32)33)8-4-5-11-24-22(36)25-13-14-6-2-1-3-7-14/h1-3,6-7,15-16H,4-5,8-13H2,(H,30,31)(H,32,33)(H,34,35)(H2,24,25,36). The number of benzene rings is 1. The van der Waals surface area contributed by atoms with Crippen molar-refractivity contribution in [3.05, 3.63) is 35.9 Å². The molecular formula is C23H28N4O10. The minimum Gasteiger partial charge on any atom is -0.481 e. The minimum absolute atomic E-state index is 0.169. The highest BCUT2D eigenvalue weighted by molar-refractivity contribution is 6.16. The molecule has 14 nitrogen and oxygen atoms in total. The monoisotopic (exact) mass is 520 g/mol. The van der Waals surface area contributed by atoms with Gasteiger partial charge in [-0.1, -0.05) is 30.3 Å². The third-order valence-electron chi connectivity index (χ3n) is 5.56. The summed E-state index contributed by atoms with van der Waals surface area (Å²) in [5.74, 6) is -6.82. The number of carbonyl (C=O) groups is 7. The van der Waals surface area contributed by atoms with E-state index in [2.05, 4.69) is 10.6 Å². The van der Waals surface area contributed by atoms with Crippen LogP contribution in [0.4, 0.5) is 9.59 Å². The van der Waals surface area contributed by atoms with Gasteiger partial charge in [-0.3, -0.25) is 14.4 Å². The number of aliphatic carboxylic acids is 3. The number of barbiturate groups is 1. The number of hydrogen-bond donors (Lipinski definition) is 5. The van der Waals surface area contributed by atoms with Crippen LogP contribution in [0, 0.1) is 0 Å². The summed E-state index contributed by atoms with van der Waals surface area (Å²) in [4.78, 5) is 84.5. The fourth-order valence-corrected chi connectivity index (χ4v) is 3.73. The molecule has 6 amide bonds. The molecule has 2 atom stereocenters. The zero-order valence-corrected chi connectivity index (χ0v) is 19.8. The lowest BCUT2D eigenvalue weighted by molar-refractivity contribution is -0.158. The van der Waals surface area contributed by atoms with Gasteiger partial charge in [-0.05, 0) is 31.2 Å². The summed E-state index contributed by atoms with van der Waals surface area (Å²) < 4.78 is 0. The molecule has 1 aromatic carbocycles. The van der Waals surface area contributed by atoms with Crippen LogP contribution >= 0.6 is 0 Å². The molecule has 0 saturated carbocycles. The molecule has 0 aliphatic carbocycles. The molecule has 1 heterocycles. The van der Waals surface area contributed by atoms with Crippen LogP contribution in [-0.4, -0.2) is 85.5 Å². The van der Waals surface area contributed by atoms with Crippen LogP contribution in [0.25, 0.3) is 0 Å². The first-order valence-corrected chi connectivity index (χ1v) is 11.4. The fraction of sp³-hybridized carbons (Fsp3) is 0.435. The minimum atomic E-state index is -1.88. The molecule has 2 rings (SSSR count). The summed E-state index contributed by atoms with van der Waals surface area (Å²) in [6.07, 6.45) is -1.96. The quantitative estimate of drug-likeness (QED) is 0.170. The number of rotatable bonds is 14. The Kier molecular flexibility index (Phi) is 10.5. The maximum absolute atomic E-state index is 12.9. The van der Waals surface area contributed by atoms with Gasteiger partial charge in [-0.25, -0.2) is 29.0 Å². The third kappa shape index (κ3) is 8.30. The normalized spacial score (nSPS) is 15.2. The number of urea groups is 2. The summed E-state index contributed by atoms with van der Waals surface area (Å²) in [5, 5.41) is 33.2. The Labute approximate surface area is 211 Å². The maximum Gasteiger partial charge on any atom is 0.335 e. The van der Waals surface area contributed by atoms with Gasteiger partial charge in [0, 0.05) is 19.5 Å². The molecule has 37 heavy (non-hydrogen) atoms. The smallest absolute Gasteiger partial charge is 0.335 e. The molecule has 14 heteroatoms. The summed E-state index contributed by atoms with van der Waals surface area (Å²) in [6.45, 7) is 0.488. The van der Waals surface area contributed by atoms with Crippen LogP contribution in [0.15, 0.2) is 30.3 Å². The molecule has 1 fully saturated rings. The molecule has 0 spiro atoms. The second-order valence-corrected chi connectivity index (χ2v) is 8.22. The van der Waals surface area contributed by atoms with Gasteiger partial charge in [0.1, 0.15) is 18.5 Å². The van der Waals surface area contributed by atoms with Crippen LogP contribution < -0.4 is 10.6 Å². The zero-order valence-electron chi connectivity index (χ0n) is 19.8. The van der Waals surface area contributed by atoms with E-state index >= 15 is 0 Å². The molecule has 1 aromatic rings. The largest absolute Gasteiger partial charge is 0.481 e. The number of carboxylic acids is 3. The number of unbranched alkanes of at least 4 members (excludes halogenated alkanes) is 1. The highest BCUT2D eigenvalue weighted by Gasteiger charge is 2.48. The van der Waals surface area contributed by atoms with Crippen molar-refractivity contribution < 1.29 is 48.9 Å². The van der Waals surface area contributed by atoms with Gasteiger partial charge in [0.05, 0.1) is 0 Å². The van der Waals surface area contributed by atoms with Gasteiger partial charge in [-0.2, -0.15) is 0 Å². The Balaban J connectivity index is 1.95. The zero-order chi connectivity index (χ0) is 27.5. The second-order valence-electron chi connectivity index (χ2n) is 8.22. The van der Waals surface area contributed by atoms with Crippen molar-refractivity contribution in [3.8, 4) is 0 Å². The number of carboxylic acid groups (broad SMARTS) is 3. The lowest BCUT2D eigenvalue weighted by Crippen LogP contribution is -2.63. The van der Waals surface area contributed by atoms with Gasteiger partial charge >= 0.3 is 30.0 Å². The number of amides is 6. The molecule has 1 saturated heterocycles. The fourth-order valence-electron chi connectivity index (χ4n) is 3.73. The van der Waals surface area contributed by atoms with Gasteiger partial charge in [0.2, 0.25) is 11.8 Å². The van der Waals surface area contributed by atoms with Crippen LogP contribution in [0.1, 0.15) is 44.1 Å². The van der Waals surface area contributed by atoms with Gasteiger partial charge < -0.3 is 26.0 Å². The number of nitrogens with zero attached hydrogens (tertiary/aromatic N) is 2.